The van der Waals surface area contributed by atoms with Crippen LogP contribution in [0.1, 0.15) is 0 Å². The fraction of sp³-hybridized carbons (Fsp3) is 0.286. The normalized spacial score (nSPS) is 18.2. The molecule has 0 saturated heterocycles. The Balaban J connectivity index is 0.000000132. The van der Waals surface area contributed by atoms with E-state index in [2.05, 4.69) is 20.9 Å². The summed E-state index contributed by atoms with van der Waals surface area (Å²) in [5, 5.41) is 7.39. The van der Waals surface area contributed by atoms with Crippen LogP contribution in [0.5, 0.6) is 0 Å². The highest BCUT2D eigenvalue weighted by Gasteiger charge is 1.98. The first-order valence-electron chi connectivity index (χ1n) is 3.76. The first-order valence-corrected chi connectivity index (χ1v) is 3.76. The van der Waals surface area contributed by atoms with Gasteiger partial charge in [0.15, 0.2) is 0 Å². The summed E-state index contributed by atoms with van der Waals surface area (Å²) in [6, 6.07) is -0.123. The second kappa shape index (κ2) is 4.91. The number of nitrogens with one attached hydrogen (secondary N) is 3. The number of rotatable bonds is 0. The summed E-state index contributed by atoms with van der Waals surface area (Å²) in [5.41, 5.74) is 0. The van der Waals surface area contributed by atoms with Crippen molar-refractivity contribution in [1.82, 2.24) is 16.0 Å². The summed E-state index contributed by atoms with van der Waals surface area (Å²) in [4.78, 5) is 23.8. The predicted molar refractivity (Wildman–Crippen MR) is 47.2 cm³/mol. The molecule has 2 aliphatic heterocycles. The average molecular weight is 182 g/mol. The van der Waals surface area contributed by atoms with Crippen molar-refractivity contribution in [2.75, 3.05) is 13.1 Å². The van der Waals surface area contributed by atoms with E-state index in [0.717, 1.165) is 0 Å². The van der Waals surface area contributed by atoms with E-state index in [0.29, 0.717) is 13.1 Å². The molecule has 3 amide bonds. The molecule has 13 heavy (non-hydrogen) atoms. The van der Waals surface area contributed by atoms with Crippen LogP contribution in [-0.4, -0.2) is 31.4 Å². The maximum absolute atomic E-state index is 10.2. The van der Waals surface area contributed by atoms with Gasteiger partial charge in [-0.2, -0.15) is 0 Å². The Kier molecular flexibility index (Phi) is 3.49. The SMILES string of the molecule is O=C1CN=CN1.O=C1NC=CCN1. The lowest BCUT2D eigenvalue weighted by Crippen LogP contribution is -2.35. The first kappa shape index (κ1) is 9.24. The molecule has 0 fully saturated rings. The van der Waals surface area contributed by atoms with Gasteiger partial charge >= 0.3 is 6.03 Å². The standard InChI is InChI=1S/C4H6N2O.C3H4N2O/c7-4-5-2-1-3-6-4;6-3-1-4-2-5-3/h1-2H,3H2,(H2,5,6,7);2H,1H2,(H,4,5,6). The van der Waals surface area contributed by atoms with Crippen LogP contribution >= 0.6 is 0 Å². The highest BCUT2D eigenvalue weighted by Crippen LogP contribution is 1.74. The van der Waals surface area contributed by atoms with Gasteiger partial charge in [0.1, 0.15) is 6.54 Å². The lowest BCUT2D eigenvalue weighted by molar-refractivity contribution is -0.117. The fourth-order valence-corrected chi connectivity index (χ4v) is 0.688. The molecule has 3 N–H and O–H groups in total. The molecule has 0 radical (unpaired) electrons. The quantitative estimate of drug-likeness (QED) is 0.447. The molecule has 0 saturated carbocycles. The van der Waals surface area contributed by atoms with Gasteiger partial charge in [0, 0.05) is 12.7 Å². The number of hydrogen-bond donors (Lipinski definition) is 3. The van der Waals surface area contributed by atoms with E-state index >= 15 is 0 Å². The summed E-state index contributed by atoms with van der Waals surface area (Å²) >= 11 is 0. The van der Waals surface area contributed by atoms with Gasteiger partial charge in [-0.25, -0.2) is 4.79 Å². The van der Waals surface area contributed by atoms with Gasteiger partial charge in [-0.05, 0) is 6.08 Å². The highest BCUT2D eigenvalue weighted by molar-refractivity contribution is 5.93. The highest BCUT2D eigenvalue weighted by atomic mass is 16.2. The van der Waals surface area contributed by atoms with E-state index in [1.807, 2.05) is 6.08 Å². The molecule has 0 aromatic rings. The van der Waals surface area contributed by atoms with Gasteiger partial charge in [0.2, 0.25) is 5.91 Å². The first-order chi connectivity index (χ1) is 6.29. The molecule has 6 heteroatoms. The maximum atomic E-state index is 10.2. The molecule has 0 spiro atoms. The maximum Gasteiger partial charge on any atom is 0.319 e. The number of carbonyl (C=O) groups is 2. The van der Waals surface area contributed by atoms with E-state index in [4.69, 9.17) is 0 Å². The number of aliphatic imine (C=N–C) groups is 1. The van der Waals surface area contributed by atoms with Crippen LogP contribution in [-0.2, 0) is 4.79 Å². The molecule has 2 rings (SSSR count). The van der Waals surface area contributed by atoms with Crippen molar-refractivity contribution in [2.45, 2.75) is 0 Å². The Labute approximate surface area is 75.1 Å². The number of carbonyl (C=O) groups excluding carboxylic acids is 2. The summed E-state index contributed by atoms with van der Waals surface area (Å²) in [5.74, 6) is -0.0185. The molecular formula is C7H10N4O2. The zero-order chi connectivity index (χ0) is 9.52. The lowest BCUT2D eigenvalue weighted by atomic mass is 10.5. The van der Waals surface area contributed by atoms with Crippen LogP contribution in [0.15, 0.2) is 17.3 Å². The molecule has 0 atom stereocenters. The van der Waals surface area contributed by atoms with Crippen molar-refractivity contribution < 1.29 is 9.59 Å². The molecule has 70 valence electrons. The smallest absolute Gasteiger partial charge is 0.319 e. The Morgan fingerprint density at radius 3 is 2.38 bits per heavy atom. The third kappa shape index (κ3) is 3.90. The van der Waals surface area contributed by atoms with Crippen LogP contribution in [0.3, 0.4) is 0 Å². The Hall–Kier alpha value is -1.85. The summed E-state index contributed by atoms with van der Waals surface area (Å²) < 4.78 is 0. The van der Waals surface area contributed by atoms with Crippen LogP contribution in [0, 0.1) is 0 Å². The van der Waals surface area contributed by atoms with Crippen LogP contribution in [0.25, 0.3) is 0 Å². The summed E-state index contributed by atoms with van der Waals surface area (Å²) in [6.45, 7) is 0.950. The third-order valence-electron chi connectivity index (χ3n) is 1.26. The second-order valence-corrected chi connectivity index (χ2v) is 2.29. The fourth-order valence-electron chi connectivity index (χ4n) is 0.688. The molecule has 2 aliphatic rings. The molecule has 2 heterocycles. The van der Waals surface area contributed by atoms with Crippen molar-refractivity contribution in [3.63, 3.8) is 0 Å². The number of nitrogens with zero attached hydrogens (tertiary/aromatic N) is 1. The molecule has 0 unspecified atom stereocenters. The molecular weight excluding hydrogens is 172 g/mol. The van der Waals surface area contributed by atoms with Crippen LogP contribution in [0.4, 0.5) is 4.79 Å². The number of urea groups is 1. The number of hydrogen-bond acceptors (Lipinski definition) is 3. The van der Waals surface area contributed by atoms with Crippen LogP contribution < -0.4 is 16.0 Å². The molecule has 0 aromatic carbocycles. The minimum Gasteiger partial charge on any atom is -0.334 e. The predicted octanol–water partition coefficient (Wildman–Crippen LogP) is -1.04. The van der Waals surface area contributed by atoms with Gasteiger partial charge in [-0.1, -0.05) is 0 Å². The van der Waals surface area contributed by atoms with Gasteiger partial charge in [-0.15, -0.1) is 0 Å². The minimum atomic E-state index is -0.123. The molecule has 0 aliphatic carbocycles. The van der Waals surface area contributed by atoms with E-state index in [1.54, 1.807) is 6.20 Å². The lowest BCUT2D eigenvalue weighted by Gasteiger charge is -2.04. The minimum absolute atomic E-state index is 0.0185. The van der Waals surface area contributed by atoms with E-state index in [-0.39, 0.29) is 11.9 Å². The second-order valence-electron chi connectivity index (χ2n) is 2.29. The topological polar surface area (TPSA) is 82.6 Å². The van der Waals surface area contributed by atoms with Gasteiger partial charge in [0.05, 0.1) is 6.34 Å². The molecule has 0 bridgehead atoms. The average Bonchev–Trinajstić information content (AvgIpc) is 2.58. The van der Waals surface area contributed by atoms with Crippen molar-refractivity contribution in [3.8, 4) is 0 Å². The summed E-state index contributed by atoms with van der Waals surface area (Å²) in [7, 11) is 0. The Morgan fingerprint density at radius 2 is 2.15 bits per heavy atom. The molecule has 0 aromatic heterocycles. The van der Waals surface area contributed by atoms with Crippen molar-refractivity contribution in [2.24, 2.45) is 4.99 Å². The van der Waals surface area contributed by atoms with E-state index < -0.39 is 0 Å². The third-order valence-corrected chi connectivity index (χ3v) is 1.26. The van der Waals surface area contributed by atoms with Crippen molar-refractivity contribution >= 4 is 18.3 Å². The van der Waals surface area contributed by atoms with Gasteiger partial charge in [-0.3, -0.25) is 9.79 Å². The van der Waals surface area contributed by atoms with E-state index in [1.165, 1.54) is 6.34 Å². The zero-order valence-corrected chi connectivity index (χ0v) is 6.91. The largest absolute Gasteiger partial charge is 0.334 e. The van der Waals surface area contributed by atoms with Gasteiger partial charge < -0.3 is 16.0 Å². The van der Waals surface area contributed by atoms with Crippen LogP contribution in [0.2, 0.25) is 0 Å². The zero-order valence-electron chi connectivity index (χ0n) is 6.91. The summed E-state index contributed by atoms with van der Waals surface area (Å²) in [6.07, 6.45) is 4.86. The monoisotopic (exact) mass is 182 g/mol. The Morgan fingerprint density at radius 1 is 1.31 bits per heavy atom. The van der Waals surface area contributed by atoms with E-state index in [9.17, 15) is 9.59 Å². The van der Waals surface area contributed by atoms with Crippen molar-refractivity contribution in [1.29, 1.82) is 0 Å². The Bertz CT molecular complexity index is 249. The number of amides is 3. The van der Waals surface area contributed by atoms with Crippen molar-refractivity contribution in [3.05, 3.63) is 12.3 Å². The molecule has 6 nitrogen and oxygen atoms in total. The van der Waals surface area contributed by atoms with Gasteiger partial charge in [0.25, 0.3) is 0 Å².